The summed E-state index contributed by atoms with van der Waals surface area (Å²) in [5, 5.41) is 6.64. The molecular formula is C21H33IN4OS. The number of guanidine groups is 1. The lowest BCUT2D eigenvalue weighted by Gasteiger charge is -2.26. The summed E-state index contributed by atoms with van der Waals surface area (Å²) in [5.74, 6) is 1.86. The molecule has 0 saturated carbocycles. The number of nitrogens with one attached hydrogen (secondary N) is 1. The van der Waals surface area contributed by atoms with E-state index in [4.69, 9.17) is 4.74 Å². The third kappa shape index (κ3) is 7.00. The van der Waals surface area contributed by atoms with Gasteiger partial charge in [-0.3, -0.25) is 4.99 Å². The highest BCUT2D eigenvalue weighted by molar-refractivity contribution is 14.0. The summed E-state index contributed by atoms with van der Waals surface area (Å²) in [5.41, 5.74) is 2.39. The predicted octanol–water partition coefficient (Wildman–Crippen LogP) is 4.92. The number of aromatic nitrogens is 1. The first kappa shape index (κ1) is 24.8. The molecule has 0 spiro atoms. The van der Waals surface area contributed by atoms with Gasteiger partial charge in [-0.2, -0.15) is 0 Å². The lowest BCUT2D eigenvalue weighted by Crippen LogP contribution is -2.41. The summed E-state index contributed by atoms with van der Waals surface area (Å²) in [7, 11) is 5.58. The van der Waals surface area contributed by atoms with E-state index in [2.05, 4.69) is 69.8 Å². The Hall–Kier alpha value is -1.19. The molecule has 0 amide bonds. The molecule has 0 saturated heterocycles. The first-order chi connectivity index (χ1) is 13.0. The smallest absolute Gasteiger partial charge is 0.193 e. The molecule has 1 aromatic carbocycles. The Bertz CT molecular complexity index is 720. The molecule has 0 aliphatic carbocycles. The van der Waals surface area contributed by atoms with Gasteiger partial charge in [0.25, 0.3) is 0 Å². The molecule has 0 aliphatic heterocycles. The molecular weight excluding hydrogens is 483 g/mol. The van der Waals surface area contributed by atoms with Crippen molar-refractivity contribution in [3.63, 3.8) is 0 Å². The van der Waals surface area contributed by atoms with E-state index >= 15 is 0 Å². The van der Waals surface area contributed by atoms with Gasteiger partial charge in [0.2, 0.25) is 0 Å². The van der Waals surface area contributed by atoms with Gasteiger partial charge in [0.05, 0.1) is 12.2 Å². The standard InChI is InChI=1S/C21H32N4OS.HI/c1-15(2)19(17-10-8-7-9-11-17)12-23-21(22-4)25(5)13-18-14-27-20(24-18)16(3)26-6;/h7-11,14-16,19H,12-13H2,1-6H3,(H,22,23);1H. The van der Waals surface area contributed by atoms with Gasteiger partial charge in [-0.25, -0.2) is 4.98 Å². The number of rotatable bonds is 8. The Morgan fingerprint density at radius 3 is 2.50 bits per heavy atom. The fraction of sp³-hybridized carbons (Fsp3) is 0.524. The molecule has 0 fully saturated rings. The van der Waals surface area contributed by atoms with E-state index < -0.39 is 0 Å². The van der Waals surface area contributed by atoms with Crippen LogP contribution in [-0.2, 0) is 11.3 Å². The minimum Gasteiger partial charge on any atom is -0.375 e. The van der Waals surface area contributed by atoms with Crippen molar-refractivity contribution < 1.29 is 4.74 Å². The van der Waals surface area contributed by atoms with E-state index in [1.807, 2.05) is 21.0 Å². The second kappa shape index (κ2) is 12.4. The van der Waals surface area contributed by atoms with E-state index in [1.165, 1.54) is 5.56 Å². The number of aliphatic imine (C=N–C) groups is 1. The highest BCUT2D eigenvalue weighted by Gasteiger charge is 2.18. The Labute approximate surface area is 190 Å². The van der Waals surface area contributed by atoms with Gasteiger partial charge >= 0.3 is 0 Å². The number of halogens is 1. The van der Waals surface area contributed by atoms with Gasteiger partial charge in [0, 0.05) is 39.0 Å². The van der Waals surface area contributed by atoms with Crippen LogP contribution in [0.2, 0.25) is 0 Å². The van der Waals surface area contributed by atoms with Gasteiger partial charge in [-0.05, 0) is 18.4 Å². The van der Waals surface area contributed by atoms with E-state index in [0.717, 1.165) is 23.2 Å². The Morgan fingerprint density at radius 2 is 1.93 bits per heavy atom. The number of ether oxygens (including phenoxy) is 1. The summed E-state index contributed by atoms with van der Waals surface area (Å²) < 4.78 is 5.35. The summed E-state index contributed by atoms with van der Waals surface area (Å²) in [6.07, 6.45) is 0.0316. The van der Waals surface area contributed by atoms with Gasteiger partial charge in [0.1, 0.15) is 11.1 Å². The lowest BCUT2D eigenvalue weighted by atomic mass is 9.88. The monoisotopic (exact) mass is 516 g/mol. The van der Waals surface area contributed by atoms with Crippen LogP contribution in [0.15, 0.2) is 40.7 Å². The van der Waals surface area contributed by atoms with Gasteiger partial charge in [-0.1, -0.05) is 44.2 Å². The van der Waals surface area contributed by atoms with E-state index in [9.17, 15) is 0 Å². The molecule has 2 unspecified atom stereocenters. The number of hydrogen-bond acceptors (Lipinski definition) is 4. The molecule has 0 radical (unpaired) electrons. The highest BCUT2D eigenvalue weighted by Crippen LogP contribution is 2.24. The average molecular weight is 516 g/mol. The molecule has 156 valence electrons. The van der Waals surface area contributed by atoms with E-state index in [1.54, 1.807) is 18.4 Å². The van der Waals surface area contributed by atoms with Crippen LogP contribution in [0.5, 0.6) is 0 Å². The molecule has 1 aromatic heterocycles. The highest BCUT2D eigenvalue weighted by atomic mass is 127. The van der Waals surface area contributed by atoms with Crippen LogP contribution in [0.1, 0.15) is 49.1 Å². The van der Waals surface area contributed by atoms with Crippen molar-refractivity contribution in [3.8, 4) is 0 Å². The summed E-state index contributed by atoms with van der Waals surface area (Å²) in [6.45, 7) is 8.10. The Kier molecular flexibility index (Phi) is 11.0. The molecule has 2 atom stereocenters. The van der Waals surface area contributed by atoms with Crippen LogP contribution in [0.25, 0.3) is 0 Å². The Morgan fingerprint density at radius 1 is 1.25 bits per heavy atom. The molecule has 1 N–H and O–H groups in total. The minimum absolute atomic E-state index is 0. The minimum atomic E-state index is 0. The van der Waals surface area contributed by atoms with Crippen LogP contribution in [-0.4, -0.2) is 43.6 Å². The molecule has 0 bridgehead atoms. The zero-order valence-corrected chi connectivity index (χ0v) is 20.8. The summed E-state index contributed by atoms with van der Waals surface area (Å²) in [6, 6.07) is 10.7. The summed E-state index contributed by atoms with van der Waals surface area (Å²) >= 11 is 1.64. The zero-order valence-electron chi connectivity index (χ0n) is 17.7. The normalized spacial score (nSPS) is 13.8. The fourth-order valence-electron chi connectivity index (χ4n) is 3.03. The van der Waals surface area contributed by atoms with Gasteiger partial charge < -0.3 is 15.0 Å². The van der Waals surface area contributed by atoms with Gasteiger partial charge in [0.15, 0.2) is 5.96 Å². The number of nitrogens with zero attached hydrogens (tertiary/aromatic N) is 3. The Balaban J connectivity index is 0.00000392. The zero-order chi connectivity index (χ0) is 19.8. The van der Waals surface area contributed by atoms with Crippen molar-refractivity contribution in [1.29, 1.82) is 0 Å². The van der Waals surface area contributed by atoms with E-state index in [0.29, 0.717) is 18.4 Å². The van der Waals surface area contributed by atoms with Crippen molar-refractivity contribution in [2.45, 2.75) is 39.3 Å². The quantitative estimate of drug-likeness (QED) is 0.308. The van der Waals surface area contributed by atoms with Crippen molar-refractivity contribution >= 4 is 41.3 Å². The number of thiazole rings is 1. The molecule has 28 heavy (non-hydrogen) atoms. The molecule has 0 aliphatic rings. The van der Waals surface area contributed by atoms with Crippen molar-refractivity contribution in [3.05, 3.63) is 52.0 Å². The number of benzene rings is 1. The third-order valence-electron chi connectivity index (χ3n) is 4.76. The van der Waals surface area contributed by atoms with Crippen molar-refractivity contribution in [1.82, 2.24) is 15.2 Å². The average Bonchev–Trinajstić information content (AvgIpc) is 3.13. The SMILES string of the molecule is CN=C(NCC(c1ccccc1)C(C)C)N(C)Cc1csc(C(C)OC)n1.I. The first-order valence-electron chi connectivity index (χ1n) is 9.40. The number of methoxy groups -OCH3 is 1. The largest absolute Gasteiger partial charge is 0.375 e. The predicted molar refractivity (Wildman–Crippen MR) is 130 cm³/mol. The first-order valence-corrected chi connectivity index (χ1v) is 10.3. The molecule has 7 heteroatoms. The fourth-order valence-corrected chi connectivity index (χ4v) is 3.87. The van der Waals surface area contributed by atoms with Gasteiger partial charge in [-0.15, -0.1) is 35.3 Å². The second-order valence-corrected chi connectivity index (χ2v) is 7.99. The number of hydrogen-bond donors (Lipinski definition) is 1. The topological polar surface area (TPSA) is 49.8 Å². The van der Waals surface area contributed by atoms with Crippen molar-refractivity contribution in [2.24, 2.45) is 10.9 Å². The van der Waals surface area contributed by atoms with Crippen LogP contribution in [0.3, 0.4) is 0 Å². The maximum Gasteiger partial charge on any atom is 0.193 e. The second-order valence-electron chi connectivity index (χ2n) is 7.10. The summed E-state index contributed by atoms with van der Waals surface area (Å²) in [4.78, 5) is 11.2. The lowest BCUT2D eigenvalue weighted by molar-refractivity contribution is 0.119. The molecule has 2 aromatic rings. The van der Waals surface area contributed by atoms with E-state index in [-0.39, 0.29) is 30.1 Å². The maximum atomic E-state index is 5.35. The third-order valence-corrected chi connectivity index (χ3v) is 5.81. The maximum absolute atomic E-state index is 5.35. The van der Waals surface area contributed by atoms with Crippen LogP contribution >= 0.6 is 35.3 Å². The van der Waals surface area contributed by atoms with Crippen LogP contribution in [0, 0.1) is 5.92 Å². The molecule has 5 nitrogen and oxygen atoms in total. The van der Waals surface area contributed by atoms with Crippen molar-refractivity contribution in [2.75, 3.05) is 27.7 Å². The van der Waals surface area contributed by atoms with Crippen LogP contribution in [0.4, 0.5) is 0 Å². The van der Waals surface area contributed by atoms with Crippen LogP contribution < -0.4 is 5.32 Å². The molecule has 2 rings (SSSR count). The molecule has 1 heterocycles.